The number of nitrogens with one attached hydrogen (secondary N) is 1. The normalized spacial score (nSPS) is 11.5. The number of rotatable bonds is 4. The summed E-state index contributed by atoms with van der Waals surface area (Å²) in [5, 5.41) is 21.2. The van der Waals surface area contributed by atoms with E-state index in [9.17, 15) is 5.26 Å². The fraction of sp³-hybridized carbons (Fsp3) is 0.316. The Labute approximate surface area is 155 Å². The molecule has 3 aromatic rings. The summed E-state index contributed by atoms with van der Waals surface area (Å²) >= 11 is 3.64. The van der Waals surface area contributed by atoms with Gasteiger partial charge in [-0.25, -0.2) is 4.68 Å². The Kier molecular flexibility index (Phi) is 4.78. The number of halogens is 1. The van der Waals surface area contributed by atoms with Crippen LogP contribution in [0.15, 0.2) is 40.9 Å². The van der Waals surface area contributed by atoms with E-state index in [0.717, 1.165) is 33.3 Å². The number of anilines is 1. The lowest BCUT2D eigenvalue weighted by Crippen LogP contribution is -2.16. The standard InChI is InChI=1S/C19H20BrN5/c1-19(2,3)12-25-16-9-8-15(17(20)18(16)23-24-25)22-11-14-7-5-4-6-13(14)10-21/h4-9,22H,11-12H2,1-3H3. The lowest BCUT2D eigenvalue weighted by atomic mass is 9.97. The second-order valence-electron chi connectivity index (χ2n) is 7.23. The van der Waals surface area contributed by atoms with E-state index < -0.39 is 0 Å². The van der Waals surface area contributed by atoms with Gasteiger partial charge in [-0.15, -0.1) is 5.10 Å². The van der Waals surface area contributed by atoms with Crippen LogP contribution in [0.25, 0.3) is 11.0 Å². The first-order valence-corrected chi connectivity index (χ1v) is 8.92. The van der Waals surface area contributed by atoms with Gasteiger partial charge in [-0.1, -0.05) is 44.2 Å². The Morgan fingerprint density at radius 3 is 2.68 bits per heavy atom. The molecule has 1 N–H and O–H groups in total. The summed E-state index contributed by atoms with van der Waals surface area (Å²) in [7, 11) is 0. The van der Waals surface area contributed by atoms with Crippen LogP contribution in [-0.2, 0) is 13.1 Å². The van der Waals surface area contributed by atoms with E-state index in [1.807, 2.05) is 41.1 Å². The van der Waals surface area contributed by atoms with Crippen LogP contribution < -0.4 is 5.32 Å². The van der Waals surface area contributed by atoms with Crippen molar-refractivity contribution < 1.29 is 0 Å². The van der Waals surface area contributed by atoms with E-state index >= 15 is 0 Å². The number of hydrogen-bond donors (Lipinski definition) is 1. The molecule has 2 aromatic carbocycles. The van der Waals surface area contributed by atoms with Crippen molar-refractivity contribution in [1.29, 1.82) is 5.26 Å². The third kappa shape index (κ3) is 3.83. The molecule has 1 aromatic heterocycles. The number of nitriles is 1. The van der Waals surface area contributed by atoms with E-state index in [0.29, 0.717) is 12.1 Å². The van der Waals surface area contributed by atoms with Gasteiger partial charge in [-0.3, -0.25) is 0 Å². The van der Waals surface area contributed by atoms with Gasteiger partial charge in [0.2, 0.25) is 0 Å². The van der Waals surface area contributed by atoms with Crippen molar-refractivity contribution in [3.63, 3.8) is 0 Å². The lowest BCUT2D eigenvalue weighted by Gasteiger charge is -2.18. The SMILES string of the molecule is CC(C)(C)Cn1nnc2c(Br)c(NCc3ccccc3C#N)ccc21. The lowest BCUT2D eigenvalue weighted by molar-refractivity contribution is 0.327. The van der Waals surface area contributed by atoms with Crippen LogP contribution >= 0.6 is 15.9 Å². The highest BCUT2D eigenvalue weighted by atomic mass is 79.9. The second-order valence-corrected chi connectivity index (χ2v) is 8.02. The number of aromatic nitrogens is 3. The van der Waals surface area contributed by atoms with Crippen LogP contribution in [0.3, 0.4) is 0 Å². The molecule has 0 amide bonds. The van der Waals surface area contributed by atoms with Crippen molar-refractivity contribution in [1.82, 2.24) is 15.0 Å². The Morgan fingerprint density at radius 2 is 1.96 bits per heavy atom. The maximum atomic E-state index is 9.20. The fourth-order valence-electron chi connectivity index (χ4n) is 2.68. The number of benzene rings is 2. The molecule has 0 aliphatic heterocycles. The van der Waals surface area contributed by atoms with Crippen LogP contribution in [0.5, 0.6) is 0 Å². The molecule has 0 saturated carbocycles. The van der Waals surface area contributed by atoms with Crippen LogP contribution in [0.2, 0.25) is 0 Å². The van der Waals surface area contributed by atoms with E-state index in [2.05, 4.69) is 58.4 Å². The van der Waals surface area contributed by atoms with E-state index in [4.69, 9.17) is 0 Å². The van der Waals surface area contributed by atoms with Crippen molar-refractivity contribution in [3.05, 3.63) is 52.0 Å². The third-order valence-electron chi connectivity index (χ3n) is 3.86. The first kappa shape index (κ1) is 17.4. The van der Waals surface area contributed by atoms with Gasteiger partial charge in [0, 0.05) is 13.1 Å². The Bertz CT molecular complexity index is 947. The average molecular weight is 398 g/mol. The molecular formula is C19H20BrN5. The van der Waals surface area contributed by atoms with E-state index in [1.165, 1.54) is 0 Å². The largest absolute Gasteiger partial charge is 0.380 e. The quantitative estimate of drug-likeness (QED) is 0.691. The molecule has 3 rings (SSSR count). The van der Waals surface area contributed by atoms with Crippen LogP contribution in [0, 0.1) is 16.7 Å². The highest BCUT2D eigenvalue weighted by Gasteiger charge is 2.17. The molecule has 6 heteroatoms. The molecule has 25 heavy (non-hydrogen) atoms. The molecule has 0 fully saturated rings. The second kappa shape index (κ2) is 6.85. The van der Waals surface area contributed by atoms with Crippen LogP contribution in [-0.4, -0.2) is 15.0 Å². The van der Waals surface area contributed by atoms with Gasteiger partial charge in [0.1, 0.15) is 5.52 Å². The van der Waals surface area contributed by atoms with Gasteiger partial charge < -0.3 is 5.32 Å². The van der Waals surface area contributed by atoms with Gasteiger partial charge in [-0.05, 0) is 45.1 Å². The molecule has 0 saturated heterocycles. The highest BCUT2D eigenvalue weighted by Crippen LogP contribution is 2.31. The third-order valence-corrected chi connectivity index (χ3v) is 4.66. The molecule has 128 valence electrons. The molecule has 0 unspecified atom stereocenters. The molecule has 1 heterocycles. The zero-order chi connectivity index (χ0) is 18.0. The summed E-state index contributed by atoms with van der Waals surface area (Å²) in [6, 6.07) is 13.9. The summed E-state index contributed by atoms with van der Waals surface area (Å²) < 4.78 is 2.83. The Morgan fingerprint density at radius 1 is 1.20 bits per heavy atom. The smallest absolute Gasteiger partial charge is 0.129 e. The predicted octanol–water partition coefficient (Wildman–Crippen LogP) is 4.72. The predicted molar refractivity (Wildman–Crippen MR) is 103 cm³/mol. The van der Waals surface area contributed by atoms with E-state index in [-0.39, 0.29) is 5.41 Å². The van der Waals surface area contributed by atoms with Crippen molar-refractivity contribution >= 4 is 32.7 Å². The zero-order valence-electron chi connectivity index (χ0n) is 14.5. The molecule has 0 aliphatic carbocycles. The van der Waals surface area contributed by atoms with Crippen molar-refractivity contribution in [2.24, 2.45) is 5.41 Å². The van der Waals surface area contributed by atoms with Crippen LogP contribution in [0.4, 0.5) is 5.69 Å². The molecule has 5 nitrogen and oxygen atoms in total. The summed E-state index contributed by atoms with van der Waals surface area (Å²) in [6.45, 7) is 7.91. The van der Waals surface area contributed by atoms with Gasteiger partial charge in [0.25, 0.3) is 0 Å². The molecule has 0 atom stereocenters. The molecule has 0 radical (unpaired) electrons. The topological polar surface area (TPSA) is 66.5 Å². The number of fused-ring (bicyclic) bond motifs is 1. The summed E-state index contributed by atoms with van der Waals surface area (Å²) in [5.41, 5.74) is 4.55. The first-order chi connectivity index (χ1) is 11.9. The maximum Gasteiger partial charge on any atom is 0.129 e. The van der Waals surface area contributed by atoms with Gasteiger partial charge >= 0.3 is 0 Å². The minimum absolute atomic E-state index is 0.130. The summed E-state index contributed by atoms with van der Waals surface area (Å²) in [5.74, 6) is 0. The monoisotopic (exact) mass is 397 g/mol. The highest BCUT2D eigenvalue weighted by molar-refractivity contribution is 9.10. The number of nitrogens with zero attached hydrogens (tertiary/aromatic N) is 4. The van der Waals surface area contributed by atoms with Gasteiger partial charge in [-0.2, -0.15) is 5.26 Å². The summed E-state index contributed by atoms with van der Waals surface area (Å²) in [6.07, 6.45) is 0. The fourth-order valence-corrected chi connectivity index (χ4v) is 3.24. The Hall–Kier alpha value is -2.39. The van der Waals surface area contributed by atoms with Crippen molar-refractivity contribution in [2.75, 3.05) is 5.32 Å². The minimum Gasteiger partial charge on any atom is -0.380 e. The van der Waals surface area contributed by atoms with Crippen LogP contribution in [0.1, 0.15) is 31.9 Å². The van der Waals surface area contributed by atoms with Gasteiger partial charge in [0.15, 0.2) is 0 Å². The molecule has 0 aliphatic rings. The molecular weight excluding hydrogens is 378 g/mol. The van der Waals surface area contributed by atoms with Gasteiger partial charge in [0.05, 0.1) is 27.3 Å². The average Bonchev–Trinajstić information content (AvgIpc) is 2.96. The first-order valence-electron chi connectivity index (χ1n) is 8.12. The summed E-state index contributed by atoms with van der Waals surface area (Å²) in [4.78, 5) is 0. The molecule has 0 bridgehead atoms. The number of hydrogen-bond acceptors (Lipinski definition) is 4. The molecule has 0 spiro atoms. The Balaban J connectivity index is 1.86. The van der Waals surface area contributed by atoms with Crippen molar-refractivity contribution in [3.8, 4) is 6.07 Å². The maximum absolute atomic E-state index is 9.20. The van der Waals surface area contributed by atoms with Crippen molar-refractivity contribution in [2.45, 2.75) is 33.9 Å². The zero-order valence-corrected chi connectivity index (χ0v) is 16.1. The minimum atomic E-state index is 0.130. The van der Waals surface area contributed by atoms with E-state index in [1.54, 1.807) is 0 Å².